The molecule has 2 atom stereocenters. The van der Waals surface area contributed by atoms with E-state index in [1.807, 2.05) is 30.8 Å². The summed E-state index contributed by atoms with van der Waals surface area (Å²) in [5, 5.41) is 14.0. The number of phenols is 1. The van der Waals surface area contributed by atoms with Gasteiger partial charge in [0.05, 0.1) is 0 Å². The Bertz CT molecular complexity index is 354. The molecular formula is C14H23NOS. The smallest absolute Gasteiger partial charge is 0.120 e. The lowest BCUT2D eigenvalue weighted by molar-refractivity contribution is 0.451. The van der Waals surface area contributed by atoms with E-state index in [2.05, 4.69) is 25.4 Å². The monoisotopic (exact) mass is 253 g/mol. The molecule has 0 amide bonds. The minimum absolute atomic E-state index is 0.198. The van der Waals surface area contributed by atoms with E-state index in [0.717, 1.165) is 18.5 Å². The first-order valence-electron chi connectivity index (χ1n) is 6.10. The van der Waals surface area contributed by atoms with Gasteiger partial charge in [0.1, 0.15) is 5.75 Å². The number of hydrogen-bond donors (Lipinski definition) is 2. The summed E-state index contributed by atoms with van der Waals surface area (Å²) < 4.78 is 0. The third-order valence-corrected chi connectivity index (χ3v) is 4.09. The van der Waals surface area contributed by atoms with Crippen LogP contribution >= 0.6 is 11.8 Å². The van der Waals surface area contributed by atoms with E-state index in [0.29, 0.717) is 11.0 Å². The average Bonchev–Trinajstić information content (AvgIpc) is 2.31. The molecule has 2 unspecified atom stereocenters. The van der Waals surface area contributed by atoms with E-state index in [-0.39, 0.29) is 6.04 Å². The SMILES string of the molecule is CSC(C)CCNC(C)c1cc(C)ccc1O. The van der Waals surface area contributed by atoms with Crippen LogP contribution in [0.1, 0.15) is 37.4 Å². The van der Waals surface area contributed by atoms with Gasteiger partial charge < -0.3 is 10.4 Å². The summed E-state index contributed by atoms with van der Waals surface area (Å²) >= 11 is 1.89. The molecule has 0 aliphatic heterocycles. The molecule has 0 radical (unpaired) electrons. The Balaban J connectivity index is 2.52. The zero-order chi connectivity index (χ0) is 12.8. The first-order valence-corrected chi connectivity index (χ1v) is 7.39. The van der Waals surface area contributed by atoms with Crippen molar-refractivity contribution >= 4 is 11.8 Å². The van der Waals surface area contributed by atoms with Crippen molar-refractivity contribution in [3.63, 3.8) is 0 Å². The molecule has 0 bridgehead atoms. The fourth-order valence-electron chi connectivity index (χ4n) is 1.75. The molecule has 1 rings (SSSR count). The molecule has 1 aromatic rings. The Morgan fingerprint density at radius 3 is 2.71 bits per heavy atom. The van der Waals surface area contributed by atoms with Gasteiger partial charge in [-0.1, -0.05) is 24.6 Å². The molecule has 17 heavy (non-hydrogen) atoms. The Morgan fingerprint density at radius 2 is 2.06 bits per heavy atom. The normalized spacial score (nSPS) is 14.6. The zero-order valence-corrected chi connectivity index (χ0v) is 12.0. The maximum atomic E-state index is 9.82. The molecule has 0 aliphatic carbocycles. The van der Waals surface area contributed by atoms with Crippen LogP contribution in [-0.4, -0.2) is 23.2 Å². The van der Waals surface area contributed by atoms with Gasteiger partial charge in [-0.3, -0.25) is 0 Å². The quantitative estimate of drug-likeness (QED) is 0.814. The highest BCUT2D eigenvalue weighted by molar-refractivity contribution is 7.99. The third kappa shape index (κ3) is 4.60. The average molecular weight is 253 g/mol. The predicted octanol–water partition coefficient (Wildman–Crippen LogP) is 3.49. The molecule has 1 aromatic carbocycles. The van der Waals surface area contributed by atoms with Gasteiger partial charge >= 0.3 is 0 Å². The molecule has 0 fully saturated rings. The Hall–Kier alpha value is -0.670. The van der Waals surface area contributed by atoms with Crippen molar-refractivity contribution in [1.29, 1.82) is 0 Å². The van der Waals surface area contributed by atoms with Gasteiger partial charge in [-0.15, -0.1) is 0 Å². The number of nitrogens with one attached hydrogen (secondary N) is 1. The highest BCUT2D eigenvalue weighted by atomic mass is 32.2. The predicted molar refractivity (Wildman–Crippen MR) is 76.9 cm³/mol. The fourth-order valence-corrected chi connectivity index (χ4v) is 2.11. The Kier molecular flexibility index (Phi) is 5.86. The van der Waals surface area contributed by atoms with E-state index >= 15 is 0 Å². The van der Waals surface area contributed by atoms with Gasteiger partial charge in [0, 0.05) is 16.9 Å². The Labute approximate surface area is 109 Å². The largest absolute Gasteiger partial charge is 0.508 e. The van der Waals surface area contributed by atoms with Crippen LogP contribution in [0, 0.1) is 6.92 Å². The van der Waals surface area contributed by atoms with Crippen LogP contribution < -0.4 is 5.32 Å². The van der Waals surface area contributed by atoms with Crippen molar-refractivity contribution in [1.82, 2.24) is 5.32 Å². The molecule has 2 N–H and O–H groups in total. The first-order chi connectivity index (χ1) is 8.04. The summed E-state index contributed by atoms with van der Waals surface area (Å²) in [5.41, 5.74) is 2.17. The van der Waals surface area contributed by atoms with Crippen LogP contribution in [0.2, 0.25) is 0 Å². The molecule has 0 spiro atoms. The van der Waals surface area contributed by atoms with Crippen LogP contribution in [-0.2, 0) is 0 Å². The first kappa shape index (κ1) is 14.4. The zero-order valence-electron chi connectivity index (χ0n) is 11.2. The number of aromatic hydroxyl groups is 1. The second-order valence-corrected chi connectivity index (χ2v) is 5.85. The summed E-state index contributed by atoms with van der Waals surface area (Å²) in [6.07, 6.45) is 3.29. The number of rotatable bonds is 6. The van der Waals surface area contributed by atoms with Crippen molar-refractivity contribution in [3.05, 3.63) is 29.3 Å². The van der Waals surface area contributed by atoms with E-state index in [9.17, 15) is 5.11 Å². The van der Waals surface area contributed by atoms with Crippen molar-refractivity contribution in [3.8, 4) is 5.75 Å². The van der Waals surface area contributed by atoms with E-state index in [1.54, 1.807) is 6.07 Å². The van der Waals surface area contributed by atoms with E-state index in [4.69, 9.17) is 0 Å². The van der Waals surface area contributed by atoms with Crippen molar-refractivity contribution < 1.29 is 5.11 Å². The van der Waals surface area contributed by atoms with E-state index < -0.39 is 0 Å². The van der Waals surface area contributed by atoms with E-state index in [1.165, 1.54) is 5.56 Å². The lowest BCUT2D eigenvalue weighted by atomic mass is 10.0. The third-order valence-electron chi connectivity index (χ3n) is 3.05. The van der Waals surface area contributed by atoms with Gasteiger partial charge in [0.2, 0.25) is 0 Å². The molecular weight excluding hydrogens is 230 g/mol. The summed E-state index contributed by atoms with van der Waals surface area (Å²) in [6.45, 7) is 7.36. The topological polar surface area (TPSA) is 32.3 Å². The lowest BCUT2D eigenvalue weighted by Gasteiger charge is -2.17. The second-order valence-electron chi connectivity index (χ2n) is 4.57. The minimum atomic E-state index is 0.198. The highest BCUT2D eigenvalue weighted by Gasteiger charge is 2.10. The van der Waals surface area contributed by atoms with Gasteiger partial charge in [0.25, 0.3) is 0 Å². The molecule has 3 heteroatoms. The fraction of sp³-hybridized carbons (Fsp3) is 0.571. The number of phenolic OH excluding ortho intramolecular Hbond substituents is 1. The maximum Gasteiger partial charge on any atom is 0.120 e. The minimum Gasteiger partial charge on any atom is -0.508 e. The summed E-state index contributed by atoms with van der Waals surface area (Å²) in [4.78, 5) is 0. The van der Waals surface area contributed by atoms with Crippen molar-refractivity contribution in [2.24, 2.45) is 0 Å². The van der Waals surface area contributed by atoms with Crippen molar-refractivity contribution in [2.75, 3.05) is 12.8 Å². The second kappa shape index (κ2) is 6.92. The Morgan fingerprint density at radius 1 is 1.35 bits per heavy atom. The van der Waals surface area contributed by atoms with Gasteiger partial charge in [0.15, 0.2) is 0 Å². The van der Waals surface area contributed by atoms with Crippen LogP contribution in [0.4, 0.5) is 0 Å². The van der Waals surface area contributed by atoms with Crippen LogP contribution in [0.5, 0.6) is 5.75 Å². The van der Waals surface area contributed by atoms with Crippen LogP contribution in [0.15, 0.2) is 18.2 Å². The molecule has 0 heterocycles. The van der Waals surface area contributed by atoms with Gasteiger partial charge in [-0.05, 0) is 39.1 Å². The van der Waals surface area contributed by atoms with Gasteiger partial charge in [-0.2, -0.15) is 11.8 Å². The van der Waals surface area contributed by atoms with Gasteiger partial charge in [-0.25, -0.2) is 0 Å². The molecule has 0 saturated carbocycles. The number of benzene rings is 1. The van der Waals surface area contributed by atoms with Crippen LogP contribution in [0.25, 0.3) is 0 Å². The summed E-state index contributed by atoms with van der Waals surface area (Å²) in [5.74, 6) is 0.383. The lowest BCUT2D eigenvalue weighted by Crippen LogP contribution is -2.22. The molecule has 0 aromatic heterocycles. The number of hydrogen-bond acceptors (Lipinski definition) is 3. The van der Waals surface area contributed by atoms with Crippen LogP contribution in [0.3, 0.4) is 0 Å². The summed E-state index contributed by atoms with van der Waals surface area (Å²) in [6, 6.07) is 5.95. The molecule has 96 valence electrons. The number of thioether (sulfide) groups is 1. The highest BCUT2D eigenvalue weighted by Crippen LogP contribution is 2.24. The summed E-state index contributed by atoms with van der Waals surface area (Å²) in [7, 11) is 0. The van der Waals surface area contributed by atoms with Crippen molar-refractivity contribution in [2.45, 2.75) is 38.5 Å². The molecule has 0 aliphatic rings. The maximum absolute atomic E-state index is 9.82. The standard InChI is InChI=1S/C14H23NOS/c1-10-5-6-14(16)13(9-10)12(3)15-8-7-11(2)17-4/h5-6,9,11-12,15-16H,7-8H2,1-4H3. The molecule has 0 saturated heterocycles. The number of aryl methyl sites for hydroxylation is 1. The molecule has 2 nitrogen and oxygen atoms in total.